The van der Waals surface area contributed by atoms with Crippen LogP contribution in [0.4, 0.5) is 5.69 Å². The Hall–Kier alpha value is -2.33. The second-order valence-electron chi connectivity index (χ2n) is 5.32. The molecule has 2 aromatic rings. The van der Waals surface area contributed by atoms with Gasteiger partial charge in [0, 0.05) is 0 Å². The number of para-hydroxylation sites is 1. The number of carbonyl (C=O) groups excluding carboxylic acids is 1. The summed E-state index contributed by atoms with van der Waals surface area (Å²) in [6, 6.07) is 12.3. The number of aliphatic hydroxyl groups is 1. The van der Waals surface area contributed by atoms with E-state index in [1.807, 2.05) is 6.07 Å². The van der Waals surface area contributed by atoms with Crippen molar-refractivity contribution >= 4 is 11.6 Å². The zero-order valence-corrected chi connectivity index (χ0v) is 11.3. The van der Waals surface area contributed by atoms with Crippen LogP contribution < -0.4 is 10.1 Å². The SMILES string of the molecule is CC(C)(O)c1ccc2c(c1)Oc1ccccc1C(=O)N2. The highest BCUT2D eigenvalue weighted by atomic mass is 16.5. The molecule has 4 heteroatoms. The first-order valence-electron chi connectivity index (χ1n) is 6.40. The third kappa shape index (κ3) is 2.14. The summed E-state index contributed by atoms with van der Waals surface area (Å²) in [5.41, 5.74) is 0.853. The molecule has 20 heavy (non-hydrogen) atoms. The molecule has 0 saturated carbocycles. The monoisotopic (exact) mass is 269 g/mol. The van der Waals surface area contributed by atoms with Crippen molar-refractivity contribution in [1.29, 1.82) is 0 Å². The van der Waals surface area contributed by atoms with E-state index in [0.717, 1.165) is 5.56 Å². The molecule has 0 radical (unpaired) electrons. The van der Waals surface area contributed by atoms with Gasteiger partial charge in [0.15, 0.2) is 5.75 Å². The Morgan fingerprint density at radius 2 is 1.85 bits per heavy atom. The van der Waals surface area contributed by atoms with Crippen LogP contribution in [0, 0.1) is 0 Å². The summed E-state index contributed by atoms with van der Waals surface area (Å²) in [6.45, 7) is 3.41. The average molecular weight is 269 g/mol. The minimum absolute atomic E-state index is 0.199. The zero-order valence-electron chi connectivity index (χ0n) is 11.3. The largest absolute Gasteiger partial charge is 0.454 e. The van der Waals surface area contributed by atoms with Gasteiger partial charge in [-0.15, -0.1) is 0 Å². The first kappa shape index (κ1) is 12.7. The summed E-state index contributed by atoms with van der Waals surface area (Å²) in [6.07, 6.45) is 0. The summed E-state index contributed by atoms with van der Waals surface area (Å²) in [5.74, 6) is 0.843. The molecule has 1 aliphatic rings. The molecule has 0 atom stereocenters. The quantitative estimate of drug-likeness (QED) is 0.835. The lowest BCUT2D eigenvalue weighted by molar-refractivity contribution is 0.0784. The van der Waals surface area contributed by atoms with Gasteiger partial charge >= 0.3 is 0 Å². The number of ether oxygens (including phenoxy) is 1. The van der Waals surface area contributed by atoms with Crippen molar-refractivity contribution in [2.24, 2.45) is 0 Å². The highest BCUT2D eigenvalue weighted by molar-refractivity contribution is 6.07. The fraction of sp³-hybridized carbons (Fsp3) is 0.188. The van der Waals surface area contributed by atoms with Gasteiger partial charge in [-0.2, -0.15) is 0 Å². The Morgan fingerprint density at radius 1 is 1.10 bits per heavy atom. The van der Waals surface area contributed by atoms with Crippen molar-refractivity contribution in [3.05, 3.63) is 53.6 Å². The lowest BCUT2D eigenvalue weighted by atomic mass is 9.98. The third-order valence-corrected chi connectivity index (χ3v) is 3.29. The van der Waals surface area contributed by atoms with Gasteiger partial charge in [-0.3, -0.25) is 4.79 Å². The maximum Gasteiger partial charge on any atom is 0.259 e. The molecule has 4 nitrogen and oxygen atoms in total. The van der Waals surface area contributed by atoms with Crippen LogP contribution in [0.3, 0.4) is 0 Å². The summed E-state index contributed by atoms with van der Waals surface area (Å²) >= 11 is 0. The van der Waals surface area contributed by atoms with Crippen molar-refractivity contribution < 1.29 is 14.6 Å². The van der Waals surface area contributed by atoms with E-state index in [0.29, 0.717) is 22.7 Å². The van der Waals surface area contributed by atoms with E-state index in [9.17, 15) is 9.90 Å². The molecule has 1 aliphatic heterocycles. The Morgan fingerprint density at radius 3 is 2.60 bits per heavy atom. The Bertz CT molecular complexity index is 686. The Kier molecular flexibility index (Phi) is 2.76. The number of rotatable bonds is 1. The maximum absolute atomic E-state index is 12.1. The van der Waals surface area contributed by atoms with Gasteiger partial charge in [-0.25, -0.2) is 0 Å². The molecule has 0 fully saturated rings. The van der Waals surface area contributed by atoms with E-state index >= 15 is 0 Å². The second-order valence-corrected chi connectivity index (χ2v) is 5.32. The van der Waals surface area contributed by atoms with Gasteiger partial charge in [0.05, 0.1) is 16.9 Å². The predicted octanol–water partition coefficient (Wildman–Crippen LogP) is 3.27. The first-order valence-corrected chi connectivity index (χ1v) is 6.40. The number of anilines is 1. The standard InChI is InChI=1S/C16H15NO3/c1-16(2,19)10-7-8-12-14(9-10)20-13-6-4-3-5-11(13)15(18)17-12/h3-9,19H,1-2H3,(H,17,18). The topological polar surface area (TPSA) is 58.6 Å². The summed E-state index contributed by atoms with van der Waals surface area (Å²) in [7, 11) is 0. The summed E-state index contributed by atoms with van der Waals surface area (Å²) in [4.78, 5) is 12.1. The first-order chi connectivity index (χ1) is 9.45. The van der Waals surface area contributed by atoms with Crippen molar-refractivity contribution in [3.63, 3.8) is 0 Å². The highest BCUT2D eigenvalue weighted by Crippen LogP contribution is 2.37. The predicted molar refractivity (Wildman–Crippen MR) is 76.2 cm³/mol. The maximum atomic E-state index is 12.1. The lowest BCUT2D eigenvalue weighted by Crippen LogP contribution is -2.15. The normalized spacial score (nSPS) is 13.7. The fourth-order valence-electron chi connectivity index (χ4n) is 2.14. The van der Waals surface area contributed by atoms with Gasteiger partial charge in [-0.1, -0.05) is 18.2 Å². The fourth-order valence-corrected chi connectivity index (χ4v) is 2.14. The number of amides is 1. The van der Waals surface area contributed by atoms with Crippen LogP contribution in [-0.2, 0) is 5.60 Å². The second kappa shape index (κ2) is 4.35. The van der Waals surface area contributed by atoms with Gasteiger partial charge in [0.25, 0.3) is 5.91 Å². The molecular weight excluding hydrogens is 254 g/mol. The van der Waals surface area contributed by atoms with Gasteiger partial charge in [0.1, 0.15) is 5.75 Å². The number of carbonyl (C=O) groups is 1. The van der Waals surface area contributed by atoms with Gasteiger partial charge in [0.2, 0.25) is 0 Å². The van der Waals surface area contributed by atoms with E-state index in [4.69, 9.17) is 4.74 Å². The molecule has 0 aromatic heterocycles. The van der Waals surface area contributed by atoms with E-state index < -0.39 is 5.60 Å². The van der Waals surface area contributed by atoms with Crippen LogP contribution in [0.15, 0.2) is 42.5 Å². The van der Waals surface area contributed by atoms with Gasteiger partial charge < -0.3 is 15.2 Å². The minimum atomic E-state index is -0.964. The molecular formula is C16H15NO3. The Balaban J connectivity index is 2.12. The molecule has 0 unspecified atom stereocenters. The molecule has 0 spiro atoms. The van der Waals surface area contributed by atoms with Crippen molar-refractivity contribution in [2.75, 3.05) is 5.32 Å². The van der Waals surface area contributed by atoms with E-state index in [2.05, 4.69) is 5.32 Å². The third-order valence-electron chi connectivity index (χ3n) is 3.29. The number of benzene rings is 2. The number of fused-ring (bicyclic) bond motifs is 2. The van der Waals surface area contributed by atoms with Crippen LogP contribution in [0.25, 0.3) is 0 Å². The number of hydrogen-bond acceptors (Lipinski definition) is 3. The molecule has 1 amide bonds. The van der Waals surface area contributed by atoms with Crippen LogP contribution in [0.1, 0.15) is 29.8 Å². The molecule has 0 aliphatic carbocycles. The average Bonchev–Trinajstić information content (AvgIpc) is 2.53. The van der Waals surface area contributed by atoms with Gasteiger partial charge in [-0.05, 0) is 43.7 Å². The van der Waals surface area contributed by atoms with Crippen molar-refractivity contribution in [3.8, 4) is 11.5 Å². The minimum Gasteiger partial charge on any atom is -0.454 e. The van der Waals surface area contributed by atoms with E-state index in [-0.39, 0.29) is 5.91 Å². The molecule has 0 bridgehead atoms. The van der Waals surface area contributed by atoms with E-state index in [1.54, 1.807) is 50.2 Å². The molecule has 102 valence electrons. The molecule has 2 N–H and O–H groups in total. The highest BCUT2D eigenvalue weighted by Gasteiger charge is 2.23. The van der Waals surface area contributed by atoms with Crippen LogP contribution >= 0.6 is 0 Å². The molecule has 1 heterocycles. The molecule has 3 rings (SSSR count). The number of hydrogen-bond donors (Lipinski definition) is 2. The lowest BCUT2D eigenvalue weighted by Gasteiger charge is -2.19. The van der Waals surface area contributed by atoms with E-state index in [1.165, 1.54) is 0 Å². The van der Waals surface area contributed by atoms with Crippen molar-refractivity contribution in [1.82, 2.24) is 0 Å². The Labute approximate surface area is 117 Å². The summed E-state index contributed by atoms with van der Waals surface area (Å²) < 4.78 is 5.81. The van der Waals surface area contributed by atoms with Crippen LogP contribution in [0.2, 0.25) is 0 Å². The van der Waals surface area contributed by atoms with Crippen LogP contribution in [-0.4, -0.2) is 11.0 Å². The summed E-state index contributed by atoms with van der Waals surface area (Å²) in [5, 5.41) is 12.9. The van der Waals surface area contributed by atoms with Crippen LogP contribution in [0.5, 0.6) is 11.5 Å². The smallest absolute Gasteiger partial charge is 0.259 e. The molecule has 2 aromatic carbocycles. The zero-order chi connectivity index (χ0) is 14.3. The van der Waals surface area contributed by atoms with Crippen molar-refractivity contribution in [2.45, 2.75) is 19.4 Å². The molecule has 0 saturated heterocycles. The number of nitrogens with one attached hydrogen (secondary N) is 1.